The molecule has 1 saturated carbocycles. The number of carbonyl (C=O) groups is 1. The highest BCUT2D eigenvalue weighted by molar-refractivity contribution is 5.98. The van der Waals surface area contributed by atoms with E-state index in [1.807, 2.05) is 6.08 Å². The van der Waals surface area contributed by atoms with Crippen molar-refractivity contribution in [3.63, 3.8) is 0 Å². The van der Waals surface area contributed by atoms with E-state index < -0.39 is 5.41 Å². The molecule has 72 valence electrons. The van der Waals surface area contributed by atoms with E-state index >= 15 is 0 Å². The highest BCUT2D eigenvalue weighted by atomic mass is 16.1. The van der Waals surface area contributed by atoms with Crippen molar-refractivity contribution in [2.45, 2.75) is 19.8 Å². The van der Waals surface area contributed by atoms with Crippen LogP contribution >= 0.6 is 0 Å². The quantitative estimate of drug-likeness (QED) is 0.622. The number of nitrogens with zero attached hydrogens (tertiary/aromatic N) is 1. The van der Waals surface area contributed by atoms with Gasteiger partial charge in [-0.25, -0.2) is 0 Å². The van der Waals surface area contributed by atoms with Gasteiger partial charge in [0.1, 0.15) is 0 Å². The molecule has 0 heterocycles. The molecule has 3 atom stereocenters. The Morgan fingerprint density at radius 2 is 2.50 bits per heavy atom. The largest absolute Gasteiger partial charge is 0.294 e. The van der Waals surface area contributed by atoms with E-state index in [1.165, 1.54) is 6.08 Å². The molecule has 14 heavy (non-hydrogen) atoms. The Bertz CT molecular complexity index is 374. The third kappa shape index (κ3) is 0.928. The second-order valence-corrected chi connectivity index (χ2v) is 4.39. The number of rotatable bonds is 2. The molecule has 2 aliphatic rings. The number of ketones is 1. The molecule has 0 spiro atoms. The fourth-order valence-corrected chi connectivity index (χ4v) is 2.88. The maximum atomic E-state index is 11.8. The predicted molar refractivity (Wildman–Crippen MR) is 53.2 cm³/mol. The van der Waals surface area contributed by atoms with Gasteiger partial charge in [-0.3, -0.25) is 4.79 Å². The lowest BCUT2D eigenvalue weighted by Crippen LogP contribution is -2.28. The van der Waals surface area contributed by atoms with E-state index in [0.29, 0.717) is 17.4 Å². The van der Waals surface area contributed by atoms with Gasteiger partial charge in [-0.1, -0.05) is 19.6 Å². The van der Waals surface area contributed by atoms with Crippen molar-refractivity contribution in [2.24, 2.45) is 17.3 Å². The Labute approximate surface area is 83.9 Å². The van der Waals surface area contributed by atoms with Crippen molar-refractivity contribution in [1.82, 2.24) is 0 Å². The third-order valence-electron chi connectivity index (χ3n) is 3.66. The first kappa shape index (κ1) is 9.21. The number of hydrogen-bond acceptors (Lipinski definition) is 2. The highest BCUT2D eigenvalue weighted by Gasteiger charge is 2.53. The molecule has 0 aromatic heterocycles. The minimum atomic E-state index is -0.499. The van der Waals surface area contributed by atoms with Crippen molar-refractivity contribution in [3.05, 3.63) is 24.3 Å². The summed E-state index contributed by atoms with van der Waals surface area (Å²) in [6.45, 7) is 5.67. The molecule has 0 N–H and O–H groups in total. The van der Waals surface area contributed by atoms with Crippen LogP contribution in [0, 0.1) is 28.6 Å². The Morgan fingerprint density at radius 1 is 1.79 bits per heavy atom. The van der Waals surface area contributed by atoms with Crippen molar-refractivity contribution in [2.75, 3.05) is 0 Å². The van der Waals surface area contributed by atoms with Crippen LogP contribution in [0.15, 0.2) is 24.3 Å². The van der Waals surface area contributed by atoms with E-state index in [1.54, 1.807) is 0 Å². The number of nitriles is 1. The molecule has 0 aromatic carbocycles. The first-order valence-corrected chi connectivity index (χ1v) is 4.93. The lowest BCUT2D eigenvalue weighted by atomic mass is 9.75. The van der Waals surface area contributed by atoms with Gasteiger partial charge in [0.2, 0.25) is 0 Å². The number of fused-ring (bicyclic) bond motifs is 2. The highest BCUT2D eigenvalue weighted by Crippen LogP contribution is 2.56. The predicted octanol–water partition coefficient (Wildman–Crippen LogP) is 2.24. The summed E-state index contributed by atoms with van der Waals surface area (Å²) < 4.78 is 0. The smallest absolute Gasteiger partial charge is 0.166 e. The van der Waals surface area contributed by atoms with Crippen LogP contribution in [-0.2, 0) is 4.79 Å². The van der Waals surface area contributed by atoms with Crippen LogP contribution in [0.2, 0.25) is 0 Å². The van der Waals surface area contributed by atoms with Crippen LogP contribution in [0.4, 0.5) is 0 Å². The first-order valence-electron chi connectivity index (χ1n) is 4.93. The van der Waals surface area contributed by atoms with Gasteiger partial charge >= 0.3 is 0 Å². The Morgan fingerprint density at radius 3 is 3.00 bits per heavy atom. The third-order valence-corrected chi connectivity index (χ3v) is 3.66. The van der Waals surface area contributed by atoms with Crippen LogP contribution in [0.1, 0.15) is 19.8 Å². The van der Waals surface area contributed by atoms with Crippen LogP contribution in [0.25, 0.3) is 0 Å². The van der Waals surface area contributed by atoms with E-state index in [9.17, 15) is 4.79 Å². The monoisotopic (exact) mass is 187 g/mol. The van der Waals surface area contributed by atoms with Gasteiger partial charge in [0.15, 0.2) is 5.78 Å². The van der Waals surface area contributed by atoms with E-state index in [2.05, 4.69) is 19.6 Å². The SMILES string of the molecule is C=CC(=O)C12CC(C)C(C=C1C#N)C2. The molecule has 0 aliphatic heterocycles. The standard InChI is InChI=1S/C12H13NO/c1-3-11(14)12-5-8(2)9(6-12)4-10(12)7-13/h3-4,8-9H,1,5-6H2,2H3. The Balaban J connectivity index is 2.45. The summed E-state index contributed by atoms with van der Waals surface area (Å²) in [5.41, 5.74) is 0.172. The molecule has 0 radical (unpaired) electrons. The average molecular weight is 187 g/mol. The minimum Gasteiger partial charge on any atom is -0.294 e. The molecule has 2 aliphatic carbocycles. The summed E-state index contributed by atoms with van der Waals surface area (Å²) in [7, 11) is 0. The lowest BCUT2D eigenvalue weighted by molar-refractivity contribution is -0.121. The Hall–Kier alpha value is -1.36. The van der Waals surface area contributed by atoms with E-state index in [-0.39, 0.29) is 5.78 Å². The molecule has 2 rings (SSSR count). The molecule has 2 nitrogen and oxygen atoms in total. The summed E-state index contributed by atoms with van der Waals surface area (Å²) in [6, 6.07) is 2.16. The van der Waals surface area contributed by atoms with Crippen LogP contribution in [-0.4, -0.2) is 5.78 Å². The summed E-state index contributed by atoms with van der Waals surface area (Å²) in [5, 5.41) is 8.98. The molecule has 3 unspecified atom stereocenters. The second-order valence-electron chi connectivity index (χ2n) is 4.39. The zero-order chi connectivity index (χ0) is 10.3. The molecular weight excluding hydrogens is 174 g/mol. The van der Waals surface area contributed by atoms with Crippen LogP contribution in [0.3, 0.4) is 0 Å². The molecule has 2 heteroatoms. The van der Waals surface area contributed by atoms with Gasteiger partial charge in [-0.05, 0) is 30.8 Å². The summed E-state index contributed by atoms with van der Waals surface area (Å²) in [5.74, 6) is 0.974. The number of hydrogen-bond donors (Lipinski definition) is 0. The molecule has 1 fully saturated rings. The van der Waals surface area contributed by atoms with Gasteiger partial charge in [0, 0.05) is 5.57 Å². The van der Waals surface area contributed by atoms with Crippen molar-refractivity contribution >= 4 is 5.78 Å². The second kappa shape index (κ2) is 2.81. The van der Waals surface area contributed by atoms with Crippen molar-refractivity contribution in [3.8, 4) is 6.07 Å². The van der Waals surface area contributed by atoms with Gasteiger partial charge in [-0.2, -0.15) is 5.26 Å². The van der Waals surface area contributed by atoms with Gasteiger partial charge in [-0.15, -0.1) is 0 Å². The molecule has 0 saturated heterocycles. The van der Waals surface area contributed by atoms with Gasteiger partial charge in [0.25, 0.3) is 0 Å². The summed E-state index contributed by atoms with van der Waals surface area (Å²) >= 11 is 0. The summed E-state index contributed by atoms with van der Waals surface area (Å²) in [4.78, 5) is 11.8. The average Bonchev–Trinajstić information content (AvgIpc) is 2.71. The van der Waals surface area contributed by atoms with E-state index in [0.717, 1.165) is 12.8 Å². The number of allylic oxidation sites excluding steroid dienone is 3. The van der Waals surface area contributed by atoms with Gasteiger partial charge < -0.3 is 0 Å². The maximum Gasteiger partial charge on any atom is 0.166 e. The molecule has 2 bridgehead atoms. The molecule has 0 amide bonds. The van der Waals surface area contributed by atoms with Crippen LogP contribution < -0.4 is 0 Å². The van der Waals surface area contributed by atoms with Crippen molar-refractivity contribution in [1.29, 1.82) is 5.26 Å². The zero-order valence-electron chi connectivity index (χ0n) is 8.29. The Kier molecular flexibility index (Phi) is 1.85. The van der Waals surface area contributed by atoms with Gasteiger partial charge in [0.05, 0.1) is 11.5 Å². The van der Waals surface area contributed by atoms with Crippen LogP contribution in [0.5, 0.6) is 0 Å². The molecule has 0 aromatic rings. The van der Waals surface area contributed by atoms with Crippen molar-refractivity contribution < 1.29 is 4.79 Å². The topological polar surface area (TPSA) is 40.9 Å². The zero-order valence-corrected chi connectivity index (χ0v) is 8.29. The first-order chi connectivity index (χ1) is 6.64. The normalized spacial score (nSPS) is 39.0. The minimum absolute atomic E-state index is 0.0251. The lowest BCUT2D eigenvalue weighted by Gasteiger charge is -2.24. The fraction of sp³-hybridized carbons (Fsp3) is 0.500. The molecular formula is C12H13NO. The fourth-order valence-electron chi connectivity index (χ4n) is 2.88. The maximum absolute atomic E-state index is 11.8. The summed E-state index contributed by atoms with van der Waals surface area (Å²) in [6.07, 6.45) is 4.99. The number of carbonyl (C=O) groups excluding carboxylic acids is 1. The van der Waals surface area contributed by atoms with E-state index in [4.69, 9.17) is 5.26 Å².